The van der Waals surface area contributed by atoms with Crippen molar-refractivity contribution in [3.05, 3.63) is 153 Å². The van der Waals surface area contributed by atoms with E-state index in [-0.39, 0.29) is 11.6 Å². The van der Waals surface area contributed by atoms with Crippen LogP contribution in [0.4, 0.5) is 0 Å². The summed E-state index contributed by atoms with van der Waals surface area (Å²) in [5.41, 5.74) is 9.82. The Bertz CT molecular complexity index is 2020. The Hall–Kier alpha value is -5.30. The summed E-state index contributed by atoms with van der Waals surface area (Å²) in [7, 11) is 3.31. The van der Waals surface area contributed by atoms with E-state index in [1.165, 1.54) is 11.1 Å². The van der Waals surface area contributed by atoms with Crippen molar-refractivity contribution < 1.29 is 19.1 Å². The number of carbonyl (C=O) groups excluding carboxylic acids is 2. The summed E-state index contributed by atoms with van der Waals surface area (Å²) in [5, 5.41) is 0. The number of carbonyl (C=O) groups is 2. The molecular weight excluding hydrogens is 717 g/mol. The van der Waals surface area contributed by atoms with Crippen LogP contribution >= 0.6 is 0 Å². The van der Waals surface area contributed by atoms with Crippen molar-refractivity contribution in [3.8, 4) is 11.5 Å². The van der Waals surface area contributed by atoms with Crippen LogP contribution in [0.25, 0.3) is 24.3 Å². The van der Waals surface area contributed by atoms with Crippen molar-refractivity contribution in [2.24, 2.45) is 11.8 Å². The first-order valence-electron chi connectivity index (χ1n) is 20.7. The molecular formula is C52H62N2O4. The van der Waals surface area contributed by atoms with Gasteiger partial charge in [0.1, 0.15) is 11.5 Å². The van der Waals surface area contributed by atoms with Crippen molar-refractivity contribution >= 4 is 35.9 Å². The van der Waals surface area contributed by atoms with Crippen LogP contribution in [0.2, 0.25) is 0 Å². The Balaban J connectivity index is 0.000000221. The van der Waals surface area contributed by atoms with Crippen molar-refractivity contribution in [1.82, 2.24) is 9.80 Å². The third-order valence-corrected chi connectivity index (χ3v) is 10.5. The topological polar surface area (TPSA) is 59.1 Å². The van der Waals surface area contributed by atoms with Crippen LogP contribution < -0.4 is 9.47 Å². The van der Waals surface area contributed by atoms with Crippen molar-refractivity contribution in [1.29, 1.82) is 0 Å². The van der Waals surface area contributed by atoms with Gasteiger partial charge < -0.3 is 9.47 Å². The quantitative estimate of drug-likeness (QED) is 0.134. The number of para-hydroxylation sites is 2. The van der Waals surface area contributed by atoms with Gasteiger partial charge in [0.15, 0.2) is 11.6 Å². The molecule has 4 aromatic carbocycles. The highest BCUT2D eigenvalue weighted by atomic mass is 16.5. The monoisotopic (exact) mass is 778 g/mol. The Morgan fingerprint density at radius 2 is 0.879 bits per heavy atom. The second-order valence-electron chi connectivity index (χ2n) is 16.4. The van der Waals surface area contributed by atoms with Gasteiger partial charge >= 0.3 is 0 Å². The number of ketones is 2. The van der Waals surface area contributed by atoms with Gasteiger partial charge in [-0.3, -0.25) is 19.4 Å². The fraction of sp³-hybridized carbons (Fsp3) is 0.346. The number of piperidine rings is 2. The summed E-state index contributed by atoms with van der Waals surface area (Å²) >= 11 is 0. The maximum absolute atomic E-state index is 13.4. The van der Waals surface area contributed by atoms with Gasteiger partial charge in [0.05, 0.1) is 14.2 Å². The molecule has 0 aliphatic carbocycles. The minimum atomic E-state index is 0.0904. The van der Waals surface area contributed by atoms with Gasteiger partial charge in [0.2, 0.25) is 0 Å². The highest BCUT2D eigenvalue weighted by Crippen LogP contribution is 2.29. The first-order valence-corrected chi connectivity index (χ1v) is 20.7. The molecule has 0 bridgehead atoms. The molecule has 0 aromatic heterocycles. The van der Waals surface area contributed by atoms with Gasteiger partial charge in [-0.05, 0) is 99.2 Å². The number of Topliss-reactive ketones (excluding diaryl/α,β-unsaturated/α-hetero) is 2. The summed E-state index contributed by atoms with van der Waals surface area (Å²) in [6, 6.07) is 32.3. The molecule has 58 heavy (non-hydrogen) atoms. The van der Waals surface area contributed by atoms with Crippen molar-refractivity contribution in [3.63, 3.8) is 0 Å². The predicted octanol–water partition coefficient (Wildman–Crippen LogP) is 10.8. The van der Waals surface area contributed by atoms with Gasteiger partial charge in [-0.15, -0.1) is 0 Å². The standard InChI is InChI=1S/C26H31NO3.C26H31NO/c1-19(2)13-14-27-17-22(15-20-9-5-7-11-24(20)29-3)26(28)23(18-27)16-21-10-6-8-12-25(21)30-4;1-19(2)11-12-27-17-24(15-22-9-5-7-20(3)13-22)26(28)25(18-27)16-23-10-6-8-21(4)14-23/h5-12,15-16,19H,13-14,17-18H2,1-4H3;5-10,13-16,19H,11-12,17-18H2,1-4H3/b22-15+,23-16+;24-15+,25-16+. The van der Waals surface area contributed by atoms with Gasteiger partial charge in [0, 0.05) is 59.6 Å². The lowest BCUT2D eigenvalue weighted by Gasteiger charge is -2.30. The summed E-state index contributed by atoms with van der Waals surface area (Å²) in [6.07, 6.45) is 10.3. The molecule has 0 unspecified atom stereocenters. The number of likely N-dealkylation sites (tertiary alicyclic amines) is 2. The zero-order valence-electron chi connectivity index (χ0n) is 35.9. The van der Waals surface area contributed by atoms with Gasteiger partial charge in [-0.2, -0.15) is 0 Å². The molecule has 2 fully saturated rings. The number of benzene rings is 4. The summed E-state index contributed by atoms with van der Waals surface area (Å²) in [6.45, 7) is 17.8. The first kappa shape index (κ1) is 43.8. The molecule has 2 saturated heterocycles. The van der Waals surface area contributed by atoms with Crippen molar-refractivity contribution in [2.45, 2.75) is 54.4 Å². The van der Waals surface area contributed by atoms with Gasteiger partial charge in [-0.1, -0.05) is 124 Å². The van der Waals surface area contributed by atoms with Crippen LogP contribution in [-0.2, 0) is 9.59 Å². The SMILES string of the molecule is COc1ccccc1/C=C1\CN(CCC(C)C)C/C(=C\c2ccccc2OC)C1=O.Cc1cccc(/C=C2\CN(CCC(C)C)C/C(=C\c3cccc(C)c3)C2=O)c1. The average molecular weight is 779 g/mol. The van der Waals surface area contributed by atoms with Gasteiger partial charge in [-0.25, -0.2) is 0 Å². The molecule has 6 rings (SSSR count). The van der Waals surface area contributed by atoms with Gasteiger partial charge in [0.25, 0.3) is 0 Å². The van der Waals surface area contributed by atoms with E-state index in [1.54, 1.807) is 14.2 Å². The van der Waals surface area contributed by atoms with E-state index in [0.717, 1.165) is 95.1 Å². The third kappa shape index (κ3) is 12.9. The van der Waals surface area contributed by atoms with E-state index >= 15 is 0 Å². The molecule has 0 saturated carbocycles. The van der Waals surface area contributed by atoms with E-state index in [0.29, 0.717) is 24.9 Å². The maximum Gasteiger partial charge on any atom is 0.187 e. The van der Waals surface area contributed by atoms with Crippen LogP contribution in [0.1, 0.15) is 73.9 Å². The second-order valence-corrected chi connectivity index (χ2v) is 16.4. The number of hydrogen-bond acceptors (Lipinski definition) is 6. The number of nitrogens with zero attached hydrogens (tertiary/aromatic N) is 2. The minimum Gasteiger partial charge on any atom is -0.496 e. The number of hydrogen-bond donors (Lipinski definition) is 0. The van der Waals surface area contributed by atoms with Crippen molar-refractivity contribution in [2.75, 3.05) is 53.5 Å². The molecule has 0 N–H and O–H groups in total. The molecule has 2 aliphatic rings. The number of methoxy groups -OCH3 is 2. The summed E-state index contributed by atoms with van der Waals surface area (Å²) < 4.78 is 11.0. The van der Waals surface area contributed by atoms with E-state index in [4.69, 9.17) is 9.47 Å². The lowest BCUT2D eigenvalue weighted by atomic mass is 9.93. The largest absolute Gasteiger partial charge is 0.496 e. The second kappa shape index (κ2) is 21.5. The molecule has 304 valence electrons. The lowest BCUT2D eigenvalue weighted by Crippen LogP contribution is -2.38. The molecule has 0 radical (unpaired) electrons. The fourth-order valence-corrected chi connectivity index (χ4v) is 7.29. The highest BCUT2D eigenvalue weighted by molar-refractivity contribution is 6.15. The minimum absolute atomic E-state index is 0.0904. The van der Waals surface area contributed by atoms with Crippen LogP contribution in [0.3, 0.4) is 0 Å². The summed E-state index contributed by atoms with van der Waals surface area (Å²) in [5.74, 6) is 3.09. The predicted molar refractivity (Wildman–Crippen MR) is 242 cm³/mol. The zero-order valence-corrected chi connectivity index (χ0v) is 35.9. The Kier molecular flexibility index (Phi) is 16.2. The highest BCUT2D eigenvalue weighted by Gasteiger charge is 2.28. The molecule has 0 amide bonds. The van der Waals surface area contributed by atoms with E-state index < -0.39 is 0 Å². The van der Waals surface area contributed by atoms with Crippen LogP contribution in [-0.4, -0.2) is 74.9 Å². The lowest BCUT2D eigenvalue weighted by molar-refractivity contribution is -0.114. The maximum atomic E-state index is 13.4. The number of ether oxygens (including phenoxy) is 2. The molecule has 2 heterocycles. The number of aryl methyl sites for hydroxylation is 2. The molecule has 6 nitrogen and oxygen atoms in total. The molecule has 6 heteroatoms. The van der Waals surface area contributed by atoms with Crippen LogP contribution in [0.5, 0.6) is 11.5 Å². The third-order valence-electron chi connectivity index (χ3n) is 10.5. The average Bonchev–Trinajstić information content (AvgIpc) is 3.20. The Morgan fingerprint density at radius 1 is 0.517 bits per heavy atom. The van der Waals surface area contributed by atoms with Crippen LogP contribution in [0.15, 0.2) is 119 Å². The first-order chi connectivity index (χ1) is 27.9. The molecule has 0 spiro atoms. The van der Waals surface area contributed by atoms with Crippen LogP contribution in [0, 0.1) is 25.7 Å². The normalized spacial score (nSPS) is 18.0. The fourth-order valence-electron chi connectivity index (χ4n) is 7.29. The summed E-state index contributed by atoms with van der Waals surface area (Å²) in [4.78, 5) is 31.4. The molecule has 2 aliphatic heterocycles. The molecule has 4 aromatic rings. The van der Waals surface area contributed by atoms with E-state index in [2.05, 4.69) is 112 Å². The zero-order chi connectivity index (χ0) is 41.6. The smallest absolute Gasteiger partial charge is 0.187 e. The van der Waals surface area contributed by atoms with E-state index in [9.17, 15) is 9.59 Å². The Morgan fingerprint density at radius 3 is 1.22 bits per heavy atom. The number of rotatable bonds is 12. The molecule has 0 atom stereocenters. The Labute approximate surface area is 347 Å². The van der Waals surface area contributed by atoms with E-state index in [1.807, 2.05) is 60.7 Å².